The van der Waals surface area contributed by atoms with Crippen molar-refractivity contribution in [3.8, 4) is 5.75 Å². The van der Waals surface area contributed by atoms with Crippen LogP contribution in [0.5, 0.6) is 5.75 Å². The molecule has 1 N–H and O–H groups in total. The third kappa shape index (κ3) is 4.64. The second-order valence-electron chi connectivity index (χ2n) is 10.6. The minimum Gasteiger partial charge on any atom is -0.497 e. The summed E-state index contributed by atoms with van der Waals surface area (Å²) in [6.07, 6.45) is 1.90. The molecule has 7 atom stereocenters. The normalized spacial score (nSPS) is 30.3. The Morgan fingerprint density at radius 2 is 2.03 bits per heavy atom. The monoisotopic (exact) mass is 592 g/mol. The van der Waals surface area contributed by atoms with Crippen molar-refractivity contribution in [1.29, 1.82) is 0 Å². The average Bonchev–Trinajstić information content (AvgIpc) is 3.49. The highest BCUT2D eigenvalue weighted by Gasteiger charge is 2.77. The number of aliphatic hydroxyl groups is 1. The maximum absolute atomic E-state index is 14.5. The first-order chi connectivity index (χ1) is 18.1. The molecule has 1 spiro atoms. The largest absolute Gasteiger partial charge is 0.497 e. The van der Waals surface area contributed by atoms with E-state index in [1.54, 1.807) is 49.3 Å². The quantitative estimate of drug-likeness (QED) is 0.239. The van der Waals surface area contributed by atoms with Crippen LogP contribution in [-0.4, -0.2) is 83.3 Å². The Morgan fingerprint density at radius 3 is 2.58 bits per heavy atom. The first-order valence-corrected chi connectivity index (χ1v) is 14.0. The number of ether oxygens (including phenoxy) is 3. The number of carbonyl (C=O) groups excluding carboxylic acids is 3. The molecule has 2 bridgehead atoms. The summed E-state index contributed by atoms with van der Waals surface area (Å²) < 4.78 is 17.2. The van der Waals surface area contributed by atoms with Crippen molar-refractivity contribution < 1.29 is 33.7 Å². The number of methoxy groups -OCH3 is 1. The van der Waals surface area contributed by atoms with E-state index in [1.807, 2.05) is 13.8 Å². The number of aliphatic hydroxyl groups excluding tert-OH is 1. The van der Waals surface area contributed by atoms with Crippen LogP contribution < -0.4 is 9.64 Å². The van der Waals surface area contributed by atoms with Crippen molar-refractivity contribution in [2.45, 2.75) is 62.2 Å². The zero-order valence-electron chi connectivity index (χ0n) is 22.3. The van der Waals surface area contributed by atoms with Gasteiger partial charge in [0.15, 0.2) is 0 Å². The molecule has 0 aliphatic carbocycles. The van der Waals surface area contributed by atoms with E-state index in [1.165, 1.54) is 4.90 Å². The highest BCUT2D eigenvalue weighted by Crippen LogP contribution is 2.61. The summed E-state index contributed by atoms with van der Waals surface area (Å²) in [6.45, 7) is 9.60. The van der Waals surface area contributed by atoms with E-state index in [0.717, 1.165) is 0 Å². The fourth-order valence-electron chi connectivity index (χ4n) is 6.43. The maximum Gasteiger partial charge on any atom is 0.312 e. The Balaban J connectivity index is 1.83. The van der Waals surface area contributed by atoms with Gasteiger partial charge in [0.1, 0.15) is 17.4 Å². The number of esters is 1. The third-order valence-corrected chi connectivity index (χ3v) is 8.67. The zero-order valence-corrected chi connectivity index (χ0v) is 23.9. The Labute approximate surface area is 232 Å². The Morgan fingerprint density at radius 1 is 1.34 bits per heavy atom. The van der Waals surface area contributed by atoms with Crippen LogP contribution in [0, 0.1) is 17.8 Å². The van der Waals surface area contributed by atoms with E-state index in [-0.39, 0.29) is 42.3 Å². The van der Waals surface area contributed by atoms with Gasteiger partial charge in [0.05, 0.1) is 44.3 Å². The van der Waals surface area contributed by atoms with Crippen LogP contribution >= 0.6 is 15.9 Å². The molecular weight excluding hydrogens is 556 g/mol. The highest BCUT2D eigenvalue weighted by atomic mass is 79.9. The van der Waals surface area contributed by atoms with Gasteiger partial charge in [-0.25, -0.2) is 0 Å². The standard InChI is InChI=1S/C28H37BrN2O7/c1-6-12-30(17-8-10-19(36-5)11-9-17)26(34)24-28-14-20(29)23(38-28)21(27(35)37-7-2)22(28)25(33)31(24)18(15-32)13-16(3)4/h6,8-11,16,18,20-24,32H,1,7,12-15H2,2-5H3/t18-,20?,21-,22+,23-,24-,28+/m1/s1. The SMILES string of the molecule is C=CCN(C(=O)[C@H]1N([C@@H](CO)CC(C)C)C(=O)[C@@H]2[C@@H](C(=O)OCC)[C@@H]3O[C@@]21CC3Br)c1ccc(OC)cc1. The number of halogens is 1. The van der Waals surface area contributed by atoms with Crippen LogP contribution in [0.25, 0.3) is 0 Å². The van der Waals surface area contributed by atoms with Gasteiger partial charge in [-0.2, -0.15) is 0 Å². The molecule has 1 aromatic carbocycles. The number of rotatable bonds is 11. The summed E-state index contributed by atoms with van der Waals surface area (Å²) in [5, 5.41) is 10.4. The highest BCUT2D eigenvalue weighted by molar-refractivity contribution is 9.09. The van der Waals surface area contributed by atoms with Gasteiger partial charge in [0, 0.05) is 17.1 Å². The number of hydrogen-bond donors (Lipinski definition) is 1. The second-order valence-corrected chi connectivity index (χ2v) is 11.7. The van der Waals surface area contributed by atoms with Crippen LogP contribution in [0.4, 0.5) is 5.69 Å². The van der Waals surface area contributed by atoms with Gasteiger partial charge >= 0.3 is 5.97 Å². The lowest BCUT2D eigenvalue weighted by Gasteiger charge is -2.39. The van der Waals surface area contributed by atoms with Crippen LogP contribution in [0.2, 0.25) is 0 Å². The molecule has 4 rings (SSSR count). The molecule has 0 radical (unpaired) electrons. The number of amides is 2. The number of benzene rings is 1. The van der Waals surface area contributed by atoms with Crippen molar-refractivity contribution in [2.24, 2.45) is 17.8 Å². The van der Waals surface area contributed by atoms with Crippen LogP contribution in [0.1, 0.15) is 33.6 Å². The molecular formula is C28H37BrN2O7. The number of alkyl halides is 1. The number of carbonyl (C=O) groups is 3. The summed E-state index contributed by atoms with van der Waals surface area (Å²) in [5.74, 6) is -2.12. The predicted octanol–water partition coefficient (Wildman–Crippen LogP) is 2.93. The second kappa shape index (κ2) is 11.4. The van der Waals surface area contributed by atoms with Gasteiger partial charge in [0.2, 0.25) is 5.91 Å². The third-order valence-electron chi connectivity index (χ3n) is 7.83. The average molecular weight is 594 g/mol. The summed E-state index contributed by atoms with van der Waals surface area (Å²) in [7, 11) is 1.57. The van der Waals surface area contributed by atoms with Crippen LogP contribution in [0.15, 0.2) is 36.9 Å². The first-order valence-electron chi connectivity index (χ1n) is 13.1. The first kappa shape index (κ1) is 28.6. The Bertz CT molecular complexity index is 1060. The van der Waals surface area contributed by atoms with Gasteiger partial charge in [-0.3, -0.25) is 14.4 Å². The van der Waals surface area contributed by atoms with E-state index in [9.17, 15) is 19.5 Å². The molecule has 208 valence electrons. The summed E-state index contributed by atoms with van der Waals surface area (Å²) in [6, 6.07) is 5.41. The number of fused-ring (bicyclic) bond motifs is 1. The number of anilines is 1. The molecule has 0 aromatic heterocycles. The molecule has 0 saturated carbocycles. The molecule has 1 aromatic rings. The van der Waals surface area contributed by atoms with Crippen molar-refractivity contribution >= 4 is 39.4 Å². The fraction of sp³-hybridized carbons (Fsp3) is 0.607. The van der Waals surface area contributed by atoms with E-state index in [2.05, 4.69) is 22.5 Å². The minimum absolute atomic E-state index is 0.154. The molecule has 2 amide bonds. The molecule has 3 fully saturated rings. The summed E-state index contributed by atoms with van der Waals surface area (Å²) >= 11 is 3.66. The van der Waals surface area contributed by atoms with Crippen molar-refractivity contribution in [2.75, 3.05) is 31.8 Å². The lowest BCUT2D eigenvalue weighted by molar-refractivity contribution is -0.155. The number of likely N-dealkylation sites (tertiary alicyclic amines) is 1. The Kier molecular flexibility index (Phi) is 8.54. The smallest absolute Gasteiger partial charge is 0.312 e. The fourth-order valence-corrected chi connectivity index (χ4v) is 7.37. The molecule has 3 aliphatic heterocycles. The molecule has 1 unspecified atom stereocenters. The molecule has 3 aliphatic rings. The van der Waals surface area contributed by atoms with E-state index in [0.29, 0.717) is 24.3 Å². The summed E-state index contributed by atoms with van der Waals surface area (Å²) in [4.78, 5) is 44.7. The lowest BCUT2D eigenvalue weighted by Crippen LogP contribution is -2.59. The molecule has 3 heterocycles. The minimum atomic E-state index is -1.24. The van der Waals surface area contributed by atoms with Crippen molar-refractivity contribution in [1.82, 2.24) is 4.90 Å². The van der Waals surface area contributed by atoms with Gasteiger partial charge in [0.25, 0.3) is 5.91 Å². The molecule has 9 nitrogen and oxygen atoms in total. The van der Waals surface area contributed by atoms with Crippen LogP contribution in [-0.2, 0) is 23.9 Å². The van der Waals surface area contributed by atoms with Gasteiger partial charge in [-0.15, -0.1) is 6.58 Å². The zero-order chi connectivity index (χ0) is 27.8. The van der Waals surface area contributed by atoms with Crippen molar-refractivity contribution in [3.05, 3.63) is 36.9 Å². The van der Waals surface area contributed by atoms with Crippen LogP contribution in [0.3, 0.4) is 0 Å². The van der Waals surface area contributed by atoms with E-state index >= 15 is 0 Å². The van der Waals surface area contributed by atoms with E-state index in [4.69, 9.17) is 14.2 Å². The Hall–Kier alpha value is -2.43. The number of nitrogens with zero attached hydrogens (tertiary/aromatic N) is 2. The molecule has 10 heteroatoms. The van der Waals surface area contributed by atoms with E-state index < -0.39 is 41.6 Å². The lowest BCUT2D eigenvalue weighted by atomic mass is 9.70. The summed E-state index contributed by atoms with van der Waals surface area (Å²) in [5.41, 5.74) is -0.627. The maximum atomic E-state index is 14.5. The van der Waals surface area contributed by atoms with Gasteiger partial charge in [-0.05, 0) is 49.9 Å². The predicted molar refractivity (Wildman–Crippen MR) is 145 cm³/mol. The van der Waals surface area contributed by atoms with Gasteiger partial charge in [-0.1, -0.05) is 35.9 Å². The number of hydrogen-bond acceptors (Lipinski definition) is 7. The van der Waals surface area contributed by atoms with Gasteiger partial charge < -0.3 is 29.1 Å². The molecule has 3 saturated heterocycles. The molecule has 38 heavy (non-hydrogen) atoms. The topological polar surface area (TPSA) is 106 Å². The van der Waals surface area contributed by atoms with Crippen molar-refractivity contribution in [3.63, 3.8) is 0 Å².